The monoisotopic (exact) mass is 393 g/mol. The van der Waals surface area contributed by atoms with Crippen LogP contribution in [-0.4, -0.2) is 50.1 Å². The second kappa shape index (κ2) is 8.37. The Labute approximate surface area is 166 Å². The number of imidazole rings is 1. The lowest BCUT2D eigenvalue weighted by Crippen LogP contribution is -2.18. The van der Waals surface area contributed by atoms with Crippen molar-refractivity contribution in [1.29, 1.82) is 0 Å². The molecule has 0 saturated heterocycles. The van der Waals surface area contributed by atoms with Gasteiger partial charge in [-0.15, -0.1) is 4.91 Å². The van der Waals surface area contributed by atoms with E-state index in [1.54, 1.807) is 41.1 Å². The Hall–Kier alpha value is -3.97. The zero-order valence-corrected chi connectivity index (χ0v) is 15.6. The second-order valence-corrected chi connectivity index (χ2v) is 6.30. The Kier molecular flexibility index (Phi) is 5.71. The summed E-state index contributed by atoms with van der Waals surface area (Å²) < 4.78 is 1.54. The van der Waals surface area contributed by atoms with Gasteiger partial charge in [-0.1, -0.05) is 24.0 Å². The molecule has 0 fully saturated rings. The number of nitrogens with zero attached hydrogens (tertiary/aromatic N) is 5. The maximum absolute atomic E-state index is 11.7. The van der Waals surface area contributed by atoms with Gasteiger partial charge in [0.05, 0.1) is 5.29 Å². The Morgan fingerprint density at radius 1 is 1.45 bits per heavy atom. The van der Waals surface area contributed by atoms with Crippen LogP contribution in [0.25, 0.3) is 16.9 Å². The molecule has 0 unspecified atom stereocenters. The van der Waals surface area contributed by atoms with Gasteiger partial charge in [-0.05, 0) is 12.1 Å². The standard InChI is InChI=1S/C19H19N7O3/c1-25(24-29)9-7-14(27)6-5-12-3-2-4-13(11-12)15-19-22-8-10-26(19)17(20)16(23-15)18(21)28/h2-4,8,10-11,14,27H,7,9,20H2,1H3,(H2,21,28)/t14-/m0/s1. The van der Waals surface area contributed by atoms with Crippen LogP contribution in [-0.2, 0) is 0 Å². The van der Waals surface area contributed by atoms with E-state index in [2.05, 4.69) is 27.1 Å². The first-order valence-corrected chi connectivity index (χ1v) is 8.67. The highest BCUT2D eigenvalue weighted by molar-refractivity contribution is 5.97. The smallest absolute Gasteiger partial charge is 0.271 e. The number of hydrogen-bond acceptors (Lipinski definition) is 7. The fraction of sp³-hybridized carbons (Fsp3) is 0.211. The molecule has 10 heteroatoms. The third-order valence-corrected chi connectivity index (χ3v) is 4.20. The molecule has 1 amide bonds. The summed E-state index contributed by atoms with van der Waals surface area (Å²) in [5.41, 5.74) is 13.5. The van der Waals surface area contributed by atoms with Gasteiger partial charge in [-0.2, -0.15) is 0 Å². The summed E-state index contributed by atoms with van der Waals surface area (Å²) in [7, 11) is 1.52. The highest BCUT2D eigenvalue weighted by atomic mass is 16.3. The van der Waals surface area contributed by atoms with Gasteiger partial charge in [-0.3, -0.25) is 14.2 Å². The van der Waals surface area contributed by atoms with Gasteiger partial charge in [0.1, 0.15) is 17.6 Å². The molecule has 0 spiro atoms. The molecule has 0 aliphatic rings. The quantitative estimate of drug-likeness (QED) is 0.318. The van der Waals surface area contributed by atoms with Crippen molar-refractivity contribution in [2.75, 3.05) is 19.3 Å². The van der Waals surface area contributed by atoms with E-state index in [1.807, 2.05) is 0 Å². The van der Waals surface area contributed by atoms with Crippen molar-refractivity contribution in [2.45, 2.75) is 12.5 Å². The van der Waals surface area contributed by atoms with Crippen molar-refractivity contribution in [3.05, 3.63) is 52.8 Å². The number of benzene rings is 1. The molecule has 148 valence electrons. The predicted octanol–water partition coefficient (Wildman–Crippen LogP) is 0.793. The first-order chi connectivity index (χ1) is 13.9. The van der Waals surface area contributed by atoms with Crippen LogP contribution in [0.1, 0.15) is 22.5 Å². The van der Waals surface area contributed by atoms with E-state index >= 15 is 0 Å². The molecule has 1 aromatic carbocycles. The minimum atomic E-state index is -0.905. The van der Waals surface area contributed by atoms with Gasteiger partial charge in [0.2, 0.25) is 0 Å². The Morgan fingerprint density at radius 2 is 2.24 bits per heavy atom. The first kappa shape index (κ1) is 19.8. The highest BCUT2D eigenvalue weighted by Crippen LogP contribution is 2.25. The van der Waals surface area contributed by atoms with Gasteiger partial charge in [-0.25, -0.2) is 9.97 Å². The number of aliphatic hydroxyl groups excluding tert-OH is 1. The predicted molar refractivity (Wildman–Crippen MR) is 107 cm³/mol. The lowest BCUT2D eigenvalue weighted by molar-refractivity contribution is 0.0996. The van der Waals surface area contributed by atoms with Crippen molar-refractivity contribution in [2.24, 2.45) is 11.0 Å². The third kappa shape index (κ3) is 4.31. The molecule has 2 heterocycles. The van der Waals surface area contributed by atoms with Crippen LogP contribution < -0.4 is 11.5 Å². The Balaban J connectivity index is 1.94. The van der Waals surface area contributed by atoms with Crippen LogP contribution in [0.15, 0.2) is 41.9 Å². The zero-order chi connectivity index (χ0) is 21.0. The topological polar surface area (TPSA) is 152 Å². The van der Waals surface area contributed by atoms with Gasteiger partial charge in [0.25, 0.3) is 5.91 Å². The van der Waals surface area contributed by atoms with E-state index in [0.717, 1.165) is 0 Å². The third-order valence-electron chi connectivity index (χ3n) is 4.20. The fourth-order valence-electron chi connectivity index (χ4n) is 2.71. The lowest BCUT2D eigenvalue weighted by Gasteiger charge is -2.10. The van der Waals surface area contributed by atoms with Crippen molar-refractivity contribution in [1.82, 2.24) is 19.4 Å². The average Bonchev–Trinajstić information content (AvgIpc) is 3.21. The van der Waals surface area contributed by atoms with E-state index in [1.165, 1.54) is 12.1 Å². The minimum absolute atomic E-state index is 0.0506. The number of fused-ring (bicyclic) bond motifs is 1. The molecule has 0 aliphatic carbocycles. The van der Waals surface area contributed by atoms with Crippen molar-refractivity contribution in [3.63, 3.8) is 0 Å². The number of aliphatic hydroxyl groups is 1. The molecule has 5 N–H and O–H groups in total. The number of nitrogens with two attached hydrogens (primary N) is 2. The second-order valence-electron chi connectivity index (χ2n) is 6.30. The van der Waals surface area contributed by atoms with Crippen molar-refractivity contribution in [3.8, 4) is 23.1 Å². The normalized spacial score (nSPS) is 11.5. The molecule has 2 aromatic heterocycles. The van der Waals surface area contributed by atoms with Gasteiger partial charge in [0, 0.05) is 43.5 Å². The molecule has 1 atom stereocenters. The molecule has 3 aromatic rings. The van der Waals surface area contributed by atoms with Crippen LogP contribution in [0.2, 0.25) is 0 Å². The number of rotatable bonds is 6. The fourth-order valence-corrected chi connectivity index (χ4v) is 2.71. The number of aromatic nitrogens is 3. The molecule has 0 radical (unpaired) electrons. The van der Waals surface area contributed by atoms with Crippen molar-refractivity contribution < 1.29 is 9.90 Å². The van der Waals surface area contributed by atoms with E-state index in [9.17, 15) is 14.8 Å². The minimum Gasteiger partial charge on any atom is -0.383 e. The summed E-state index contributed by atoms with van der Waals surface area (Å²) in [6, 6.07) is 7.11. The Bertz CT molecular complexity index is 1130. The number of primary amides is 1. The van der Waals surface area contributed by atoms with Crippen LogP contribution >= 0.6 is 0 Å². The number of nitroso groups, excluding NO2 is 1. The number of carbonyl (C=O) groups is 1. The maximum atomic E-state index is 11.7. The van der Waals surface area contributed by atoms with Gasteiger partial charge >= 0.3 is 0 Å². The molecule has 0 bridgehead atoms. The molecular weight excluding hydrogens is 374 g/mol. The van der Waals surface area contributed by atoms with Gasteiger partial charge < -0.3 is 16.6 Å². The summed E-state index contributed by atoms with van der Waals surface area (Å²) in [5, 5.41) is 13.9. The zero-order valence-electron chi connectivity index (χ0n) is 15.6. The number of nitrogen functional groups attached to an aromatic ring is 1. The molecule has 0 aliphatic heterocycles. The average molecular weight is 393 g/mol. The number of hydrogen-bond donors (Lipinski definition) is 3. The van der Waals surface area contributed by atoms with Crippen LogP contribution in [0.4, 0.5) is 5.82 Å². The summed E-state index contributed by atoms with van der Waals surface area (Å²) >= 11 is 0. The SMILES string of the molecule is CN(CC[C@@H](O)C#Cc1cccc(-c2nc(C(N)=O)c(N)n3ccnc23)c1)N=O. The summed E-state index contributed by atoms with van der Waals surface area (Å²) in [5.74, 6) is 4.99. The molecule has 0 saturated carbocycles. The lowest BCUT2D eigenvalue weighted by atomic mass is 10.1. The summed E-state index contributed by atoms with van der Waals surface area (Å²) in [6.45, 7) is 0.294. The first-order valence-electron chi connectivity index (χ1n) is 8.67. The molecule has 29 heavy (non-hydrogen) atoms. The summed E-state index contributed by atoms with van der Waals surface area (Å²) in [4.78, 5) is 30.6. The van der Waals surface area contributed by atoms with E-state index in [4.69, 9.17) is 11.5 Å². The largest absolute Gasteiger partial charge is 0.383 e. The van der Waals surface area contributed by atoms with Crippen molar-refractivity contribution >= 4 is 17.4 Å². The highest BCUT2D eigenvalue weighted by Gasteiger charge is 2.17. The molecular formula is C19H19N7O3. The van der Waals surface area contributed by atoms with E-state index < -0.39 is 12.0 Å². The number of amides is 1. The number of anilines is 1. The van der Waals surface area contributed by atoms with Crippen LogP contribution in [0.5, 0.6) is 0 Å². The Morgan fingerprint density at radius 3 is 2.97 bits per heavy atom. The molecule has 10 nitrogen and oxygen atoms in total. The van der Waals surface area contributed by atoms with Gasteiger partial charge in [0.15, 0.2) is 11.3 Å². The maximum Gasteiger partial charge on any atom is 0.271 e. The number of carbonyl (C=O) groups excluding carboxylic acids is 1. The van der Waals surface area contributed by atoms with E-state index in [-0.39, 0.29) is 17.9 Å². The van der Waals surface area contributed by atoms with Crippen LogP contribution in [0, 0.1) is 16.7 Å². The summed E-state index contributed by atoms with van der Waals surface area (Å²) in [6.07, 6.45) is 2.55. The van der Waals surface area contributed by atoms with Crippen LogP contribution in [0.3, 0.4) is 0 Å². The molecule has 3 rings (SSSR count). The van der Waals surface area contributed by atoms with E-state index in [0.29, 0.717) is 29.0 Å².